The van der Waals surface area contributed by atoms with Crippen LogP contribution < -0.4 is 5.32 Å². The molecule has 0 aromatic heterocycles. The Kier molecular flexibility index (Phi) is 4.52. The Morgan fingerprint density at radius 2 is 2.11 bits per heavy atom. The molecule has 1 aliphatic heterocycles. The first-order chi connectivity index (χ1) is 9.16. The molecule has 1 heterocycles. The molecule has 0 spiro atoms. The van der Waals surface area contributed by atoms with Gasteiger partial charge in [-0.05, 0) is 31.4 Å². The number of carbonyl (C=O) groups excluding carboxylic acids is 1. The molecule has 1 saturated heterocycles. The lowest BCUT2D eigenvalue weighted by molar-refractivity contribution is -0.119. The van der Waals surface area contributed by atoms with Crippen LogP contribution in [0.15, 0.2) is 24.3 Å². The van der Waals surface area contributed by atoms with E-state index < -0.39 is 5.97 Å². The zero-order chi connectivity index (χ0) is 13.7. The van der Waals surface area contributed by atoms with Crippen molar-refractivity contribution in [2.45, 2.75) is 31.8 Å². The maximum absolute atomic E-state index is 11.9. The maximum atomic E-state index is 11.9. The van der Waals surface area contributed by atoms with E-state index in [4.69, 9.17) is 9.84 Å². The van der Waals surface area contributed by atoms with Crippen LogP contribution in [-0.2, 0) is 9.53 Å². The second-order valence-electron chi connectivity index (χ2n) is 4.59. The SMILES string of the molecule is O=C(CC1CCCCO1)Nc1ccccc1C(=O)O. The van der Waals surface area contributed by atoms with E-state index in [1.54, 1.807) is 18.2 Å². The summed E-state index contributed by atoms with van der Waals surface area (Å²) >= 11 is 0. The molecule has 5 nitrogen and oxygen atoms in total. The van der Waals surface area contributed by atoms with Crippen molar-refractivity contribution in [2.24, 2.45) is 0 Å². The zero-order valence-corrected chi connectivity index (χ0v) is 10.6. The van der Waals surface area contributed by atoms with E-state index in [2.05, 4.69) is 5.32 Å². The fourth-order valence-electron chi connectivity index (χ4n) is 2.16. The number of carbonyl (C=O) groups is 2. The minimum Gasteiger partial charge on any atom is -0.478 e. The van der Waals surface area contributed by atoms with Gasteiger partial charge >= 0.3 is 5.97 Å². The molecular formula is C14H17NO4. The Morgan fingerprint density at radius 3 is 2.79 bits per heavy atom. The molecule has 0 saturated carbocycles. The first kappa shape index (κ1) is 13.5. The predicted octanol–water partition coefficient (Wildman–Crippen LogP) is 2.28. The number of anilines is 1. The maximum Gasteiger partial charge on any atom is 0.337 e. The molecule has 1 unspecified atom stereocenters. The van der Waals surface area contributed by atoms with Gasteiger partial charge < -0.3 is 15.2 Å². The quantitative estimate of drug-likeness (QED) is 0.873. The topological polar surface area (TPSA) is 75.6 Å². The molecule has 2 rings (SSSR count). The van der Waals surface area contributed by atoms with Crippen LogP contribution in [0.3, 0.4) is 0 Å². The van der Waals surface area contributed by atoms with Gasteiger partial charge in [0.1, 0.15) is 0 Å². The van der Waals surface area contributed by atoms with Gasteiger partial charge in [-0.3, -0.25) is 4.79 Å². The van der Waals surface area contributed by atoms with E-state index in [-0.39, 0.29) is 24.0 Å². The molecule has 1 aromatic carbocycles. The van der Waals surface area contributed by atoms with Crippen LogP contribution in [0.5, 0.6) is 0 Å². The van der Waals surface area contributed by atoms with Crippen molar-refractivity contribution in [3.63, 3.8) is 0 Å². The second kappa shape index (κ2) is 6.33. The van der Waals surface area contributed by atoms with Crippen LogP contribution >= 0.6 is 0 Å². The van der Waals surface area contributed by atoms with Crippen molar-refractivity contribution in [3.05, 3.63) is 29.8 Å². The zero-order valence-electron chi connectivity index (χ0n) is 10.6. The van der Waals surface area contributed by atoms with Crippen molar-refractivity contribution < 1.29 is 19.4 Å². The van der Waals surface area contributed by atoms with Gasteiger partial charge in [-0.2, -0.15) is 0 Å². The summed E-state index contributed by atoms with van der Waals surface area (Å²) in [5.41, 5.74) is 0.427. The summed E-state index contributed by atoms with van der Waals surface area (Å²) in [6.45, 7) is 0.698. The number of benzene rings is 1. The largest absolute Gasteiger partial charge is 0.478 e. The van der Waals surface area contributed by atoms with Gasteiger partial charge in [0.2, 0.25) is 5.91 Å². The van der Waals surface area contributed by atoms with E-state index in [0.29, 0.717) is 12.3 Å². The summed E-state index contributed by atoms with van der Waals surface area (Å²) in [5, 5.41) is 11.7. The van der Waals surface area contributed by atoms with E-state index >= 15 is 0 Å². The number of carboxylic acid groups (broad SMARTS) is 1. The van der Waals surface area contributed by atoms with Crippen LogP contribution in [0, 0.1) is 0 Å². The normalized spacial score (nSPS) is 18.8. The number of rotatable bonds is 4. The van der Waals surface area contributed by atoms with E-state index in [0.717, 1.165) is 19.3 Å². The Balaban J connectivity index is 1.96. The van der Waals surface area contributed by atoms with Crippen LogP contribution in [0.25, 0.3) is 0 Å². The fourth-order valence-corrected chi connectivity index (χ4v) is 2.16. The smallest absolute Gasteiger partial charge is 0.337 e. The molecule has 1 aromatic rings. The Hall–Kier alpha value is -1.88. The second-order valence-corrected chi connectivity index (χ2v) is 4.59. The van der Waals surface area contributed by atoms with E-state index in [9.17, 15) is 9.59 Å². The molecule has 102 valence electrons. The predicted molar refractivity (Wildman–Crippen MR) is 70.2 cm³/mol. The summed E-state index contributed by atoms with van der Waals surface area (Å²) < 4.78 is 5.49. The fraction of sp³-hybridized carbons (Fsp3) is 0.429. The molecule has 0 aliphatic carbocycles. The van der Waals surface area contributed by atoms with Gasteiger partial charge in [0.15, 0.2) is 0 Å². The highest BCUT2D eigenvalue weighted by Crippen LogP contribution is 2.18. The highest BCUT2D eigenvalue weighted by atomic mass is 16.5. The number of carboxylic acids is 1. The third-order valence-corrected chi connectivity index (χ3v) is 3.12. The number of nitrogens with one attached hydrogen (secondary N) is 1. The number of amides is 1. The molecule has 1 fully saturated rings. The van der Waals surface area contributed by atoms with Crippen molar-refractivity contribution in [2.75, 3.05) is 11.9 Å². The van der Waals surface area contributed by atoms with Gasteiger partial charge in [0.05, 0.1) is 23.8 Å². The molecule has 5 heteroatoms. The summed E-state index contributed by atoms with van der Waals surface area (Å²) in [4.78, 5) is 22.9. The lowest BCUT2D eigenvalue weighted by Gasteiger charge is -2.22. The van der Waals surface area contributed by atoms with Crippen molar-refractivity contribution in [1.82, 2.24) is 0 Å². The summed E-state index contributed by atoms with van der Waals surface area (Å²) in [7, 11) is 0. The molecule has 1 aliphatic rings. The number of para-hydroxylation sites is 1. The van der Waals surface area contributed by atoms with Crippen LogP contribution in [0.1, 0.15) is 36.0 Å². The van der Waals surface area contributed by atoms with Crippen molar-refractivity contribution >= 4 is 17.6 Å². The average molecular weight is 263 g/mol. The highest BCUT2D eigenvalue weighted by molar-refractivity contribution is 6.00. The minimum absolute atomic E-state index is 0.0502. The first-order valence-electron chi connectivity index (χ1n) is 6.40. The lowest BCUT2D eigenvalue weighted by atomic mass is 10.1. The highest BCUT2D eigenvalue weighted by Gasteiger charge is 2.19. The van der Waals surface area contributed by atoms with Crippen molar-refractivity contribution in [3.8, 4) is 0 Å². The molecular weight excluding hydrogens is 246 g/mol. The molecule has 1 amide bonds. The molecule has 0 radical (unpaired) electrons. The molecule has 0 bridgehead atoms. The van der Waals surface area contributed by atoms with Crippen LogP contribution in [0.2, 0.25) is 0 Å². The minimum atomic E-state index is -1.05. The van der Waals surface area contributed by atoms with E-state index in [1.807, 2.05) is 0 Å². The van der Waals surface area contributed by atoms with Gasteiger partial charge in [-0.15, -0.1) is 0 Å². The Bertz CT molecular complexity index is 466. The first-order valence-corrected chi connectivity index (χ1v) is 6.40. The summed E-state index contributed by atoms with van der Waals surface area (Å²) in [6.07, 6.45) is 3.22. The third-order valence-electron chi connectivity index (χ3n) is 3.12. The van der Waals surface area contributed by atoms with Gasteiger partial charge in [-0.1, -0.05) is 12.1 Å². The third kappa shape index (κ3) is 3.79. The number of aromatic carboxylic acids is 1. The Morgan fingerprint density at radius 1 is 1.32 bits per heavy atom. The summed E-state index contributed by atoms with van der Waals surface area (Å²) in [6, 6.07) is 6.38. The van der Waals surface area contributed by atoms with Gasteiger partial charge in [-0.25, -0.2) is 4.79 Å². The van der Waals surface area contributed by atoms with Gasteiger partial charge in [0, 0.05) is 6.61 Å². The number of hydrogen-bond donors (Lipinski definition) is 2. The van der Waals surface area contributed by atoms with Gasteiger partial charge in [0.25, 0.3) is 0 Å². The number of hydrogen-bond acceptors (Lipinski definition) is 3. The lowest BCUT2D eigenvalue weighted by Crippen LogP contribution is -2.26. The average Bonchev–Trinajstić information content (AvgIpc) is 2.40. The molecule has 19 heavy (non-hydrogen) atoms. The standard InChI is InChI=1S/C14H17NO4/c16-13(9-10-5-3-4-8-19-10)15-12-7-2-1-6-11(12)14(17)18/h1-2,6-7,10H,3-5,8-9H2,(H,15,16)(H,17,18). The summed E-state index contributed by atoms with van der Waals surface area (Å²) in [5.74, 6) is -1.26. The van der Waals surface area contributed by atoms with Crippen LogP contribution in [0.4, 0.5) is 5.69 Å². The monoisotopic (exact) mass is 263 g/mol. The Labute approximate surface area is 111 Å². The van der Waals surface area contributed by atoms with Crippen LogP contribution in [-0.4, -0.2) is 29.7 Å². The molecule has 2 N–H and O–H groups in total. The van der Waals surface area contributed by atoms with E-state index in [1.165, 1.54) is 6.07 Å². The molecule has 1 atom stereocenters. The number of ether oxygens (including phenoxy) is 1. The van der Waals surface area contributed by atoms with Crippen molar-refractivity contribution in [1.29, 1.82) is 0 Å².